The van der Waals surface area contributed by atoms with E-state index in [4.69, 9.17) is 22.1 Å². The fourth-order valence-corrected chi connectivity index (χ4v) is 1.87. The van der Waals surface area contributed by atoms with Gasteiger partial charge in [-0.05, 0) is 24.3 Å². The predicted octanol–water partition coefficient (Wildman–Crippen LogP) is 1.50. The van der Waals surface area contributed by atoms with E-state index in [0.29, 0.717) is 6.54 Å². The van der Waals surface area contributed by atoms with Gasteiger partial charge in [0.1, 0.15) is 0 Å². The van der Waals surface area contributed by atoms with Crippen molar-refractivity contribution in [1.29, 1.82) is 0 Å². The number of benzene rings is 1. The number of ether oxygens (including phenoxy) is 1. The minimum atomic E-state index is 0.148. The van der Waals surface area contributed by atoms with E-state index in [1.54, 1.807) is 0 Å². The molecule has 1 fully saturated rings. The molecule has 0 unspecified atom stereocenters. The molecule has 3 nitrogen and oxygen atoms in total. The first-order valence-electron chi connectivity index (χ1n) is 5.12. The fourth-order valence-electron chi connectivity index (χ4n) is 1.75. The smallest absolute Gasteiger partial charge is 0.0872 e. The lowest BCUT2D eigenvalue weighted by molar-refractivity contribution is 0.0466. The van der Waals surface area contributed by atoms with E-state index in [2.05, 4.69) is 4.90 Å². The van der Waals surface area contributed by atoms with Gasteiger partial charge in [-0.25, -0.2) is 0 Å². The second-order valence-electron chi connectivity index (χ2n) is 3.65. The predicted molar refractivity (Wildman–Crippen MR) is 62.5 cm³/mol. The zero-order valence-corrected chi connectivity index (χ0v) is 9.28. The Hall–Kier alpha value is -0.770. The highest BCUT2D eigenvalue weighted by molar-refractivity contribution is 6.30. The maximum absolute atomic E-state index is 5.84. The van der Waals surface area contributed by atoms with Crippen molar-refractivity contribution in [3.8, 4) is 0 Å². The Bertz CT molecular complexity index is 315. The lowest BCUT2D eigenvalue weighted by atomic mass is 10.2. The molecule has 2 rings (SSSR count). The third-order valence-corrected chi connectivity index (χ3v) is 2.85. The van der Waals surface area contributed by atoms with Crippen molar-refractivity contribution in [2.45, 2.75) is 6.10 Å². The molecule has 0 aromatic heterocycles. The highest BCUT2D eigenvalue weighted by atomic mass is 35.5. The van der Waals surface area contributed by atoms with Crippen LogP contribution in [0.25, 0.3) is 0 Å². The van der Waals surface area contributed by atoms with Crippen LogP contribution in [-0.4, -0.2) is 32.3 Å². The summed E-state index contributed by atoms with van der Waals surface area (Å²) < 4.78 is 5.51. The van der Waals surface area contributed by atoms with Gasteiger partial charge in [0.05, 0.1) is 12.7 Å². The van der Waals surface area contributed by atoms with Gasteiger partial charge in [0, 0.05) is 30.3 Å². The summed E-state index contributed by atoms with van der Waals surface area (Å²) in [6.45, 7) is 3.09. The minimum absolute atomic E-state index is 0.148. The number of halogens is 1. The molecule has 82 valence electrons. The van der Waals surface area contributed by atoms with E-state index in [0.717, 1.165) is 24.7 Å². The topological polar surface area (TPSA) is 38.5 Å². The van der Waals surface area contributed by atoms with Gasteiger partial charge in [0.15, 0.2) is 0 Å². The molecule has 1 aromatic carbocycles. The van der Waals surface area contributed by atoms with Gasteiger partial charge in [-0.3, -0.25) is 0 Å². The SMILES string of the molecule is NC[C@@H]1CN(c2ccc(Cl)cc2)CCO1. The summed E-state index contributed by atoms with van der Waals surface area (Å²) in [5.74, 6) is 0. The zero-order chi connectivity index (χ0) is 10.7. The summed E-state index contributed by atoms with van der Waals surface area (Å²) in [6.07, 6.45) is 0.148. The molecule has 0 bridgehead atoms. The van der Waals surface area contributed by atoms with Crippen molar-refractivity contribution in [2.24, 2.45) is 5.73 Å². The molecule has 0 amide bonds. The number of rotatable bonds is 2. The van der Waals surface area contributed by atoms with E-state index in [9.17, 15) is 0 Å². The summed E-state index contributed by atoms with van der Waals surface area (Å²) in [5, 5.41) is 0.766. The van der Waals surface area contributed by atoms with Crippen LogP contribution in [-0.2, 0) is 4.74 Å². The van der Waals surface area contributed by atoms with Gasteiger partial charge < -0.3 is 15.4 Å². The van der Waals surface area contributed by atoms with Crippen LogP contribution in [0.5, 0.6) is 0 Å². The lowest BCUT2D eigenvalue weighted by Gasteiger charge is -2.34. The first-order valence-corrected chi connectivity index (χ1v) is 5.49. The van der Waals surface area contributed by atoms with Crippen molar-refractivity contribution in [1.82, 2.24) is 0 Å². The molecular weight excluding hydrogens is 212 g/mol. The van der Waals surface area contributed by atoms with Crippen LogP contribution in [0.2, 0.25) is 5.02 Å². The van der Waals surface area contributed by atoms with Crippen molar-refractivity contribution in [2.75, 3.05) is 31.1 Å². The van der Waals surface area contributed by atoms with E-state index < -0.39 is 0 Å². The summed E-state index contributed by atoms with van der Waals surface area (Å²) in [4.78, 5) is 2.28. The molecule has 1 aliphatic rings. The Labute approximate surface area is 94.8 Å². The molecule has 1 aromatic rings. The Morgan fingerprint density at radius 2 is 2.13 bits per heavy atom. The number of anilines is 1. The van der Waals surface area contributed by atoms with Crippen LogP contribution in [0.15, 0.2) is 24.3 Å². The number of nitrogens with two attached hydrogens (primary N) is 1. The molecule has 0 spiro atoms. The third-order valence-electron chi connectivity index (χ3n) is 2.59. The largest absolute Gasteiger partial charge is 0.373 e. The quantitative estimate of drug-likeness (QED) is 0.831. The lowest BCUT2D eigenvalue weighted by Crippen LogP contribution is -2.45. The molecule has 0 radical (unpaired) electrons. The van der Waals surface area contributed by atoms with Gasteiger partial charge in [0.2, 0.25) is 0 Å². The monoisotopic (exact) mass is 226 g/mol. The number of hydrogen-bond donors (Lipinski definition) is 1. The van der Waals surface area contributed by atoms with Crippen LogP contribution >= 0.6 is 11.6 Å². The first kappa shape index (κ1) is 10.7. The second-order valence-corrected chi connectivity index (χ2v) is 4.09. The van der Waals surface area contributed by atoms with E-state index in [1.165, 1.54) is 5.69 Å². The first-order chi connectivity index (χ1) is 7.29. The van der Waals surface area contributed by atoms with Crippen molar-refractivity contribution in [3.05, 3.63) is 29.3 Å². The van der Waals surface area contributed by atoms with Crippen LogP contribution in [0.3, 0.4) is 0 Å². The summed E-state index contributed by atoms with van der Waals surface area (Å²) in [6, 6.07) is 7.87. The number of nitrogens with zero attached hydrogens (tertiary/aromatic N) is 1. The molecule has 2 N–H and O–H groups in total. The van der Waals surface area contributed by atoms with Crippen molar-refractivity contribution in [3.63, 3.8) is 0 Å². The minimum Gasteiger partial charge on any atom is -0.373 e. The summed E-state index contributed by atoms with van der Waals surface area (Å²) >= 11 is 5.84. The van der Waals surface area contributed by atoms with Crippen LogP contribution < -0.4 is 10.6 Å². The average Bonchev–Trinajstić information content (AvgIpc) is 2.30. The molecular formula is C11H15ClN2O. The molecule has 1 atom stereocenters. The van der Waals surface area contributed by atoms with Gasteiger partial charge in [-0.1, -0.05) is 11.6 Å². The van der Waals surface area contributed by atoms with Crippen molar-refractivity contribution >= 4 is 17.3 Å². The summed E-state index contributed by atoms with van der Waals surface area (Å²) in [5.41, 5.74) is 6.78. The average molecular weight is 227 g/mol. The Balaban J connectivity index is 2.06. The zero-order valence-electron chi connectivity index (χ0n) is 8.53. The third kappa shape index (κ3) is 2.62. The second kappa shape index (κ2) is 4.84. The number of hydrogen-bond acceptors (Lipinski definition) is 3. The number of morpholine rings is 1. The van der Waals surface area contributed by atoms with Crippen molar-refractivity contribution < 1.29 is 4.74 Å². The van der Waals surface area contributed by atoms with Gasteiger partial charge in [-0.2, -0.15) is 0 Å². The Morgan fingerprint density at radius 1 is 1.40 bits per heavy atom. The Kier molecular flexibility index (Phi) is 3.46. The highest BCUT2D eigenvalue weighted by Crippen LogP contribution is 2.20. The fraction of sp³-hybridized carbons (Fsp3) is 0.455. The van der Waals surface area contributed by atoms with Gasteiger partial charge in [0.25, 0.3) is 0 Å². The van der Waals surface area contributed by atoms with E-state index in [1.807, 2.05) is 24.3 Å². The van der Waals surface area contributed by atoms with Gasteiger partial charge in [-0.15, -0.1) is 0 Å². The Morgan fingerprint density at radius 3 is 2.80 bits per heavy atom. The highest BCUT2D eigenvalue weighted by Gasteiger charge is 2.19. The molecule has 0 aliphatic carbocycles. The molecule has 1 heterocycles. The molecule has 1 saturated heterocycles. The molecule has 15 heavy (non-hydrogen) atoms. The maximum atomic E-state index is 5.84. The van der Waals surface area contributed by atoms with Crippen LogP contribution in [0.1, 0.15) is 0 Å². The van der Waals surface area contributed by atoms with Crippen LogP contribution in [0, 0.1) is 0 Å². The van der Waals surface area contributed by atoms with E-state index >= 15 is 0 Å². The summed E-state index contributed by atoms with van der Waals surface area (Å²) in [7, 11) is 0. The molecule has 0 saturated carbocycles. The molecule has 1 aliphatic heterocycles. The maximum Gasteiger partial charge on any atom is 0.0872 e. The molecule has 4 heteroatoms. The standard InChI is InChI=1S/C11H15ClN2O/c12-9-1-3-10(4-2-9)14-5-6-15-11(7-13)8-14/h1-4,11H,5-8,13H2/t11-/m1/s1. The normalized spacial score (nSPS) is 21.7. The van der Waals surface area contributed by atoms with Gasteiger partial charge >= 0.3 is 0 Å². The van der Waals surface area contributed by atoms with Crippen LogP contribution in [0.4, 0.5) is 5.69 Å². The van der Waals surface area contributed by atoms with E-state index in [-0.39, 0.29) is 6.10 Å².